The van der Waals surface area contributed by atoms with Gasteiger partial charge in [-0.2, -0.15) is 0 Å². The van der Waals surface area contributed by atoms with Crippen LogP contribution in [0.1, 0.15) is 0 Å². The van der Waals surface area contributed by atoms with Crippen molar-refractivity contribution in [1.82, 2.24) is 0 Å². The molecule has 0 fully saturated rings. The second-order valence-corrected chi connectivity index (χ2v) is 4.85. The van der Waals surface area contributed by atoms with Crippen molar-refractivity contribution in [2.24, 2.45) is 0 Å². The summed E-state index contributed by atoms with van der Waals surface area (Å²) in [5, 5.41) is 3.29. The van der Waals surface area contributed by atoms with Gasteiger partial charge in [-0.3, -0.25) is 0 Å². The number of rotatable bonds is 3. The molecule has 0 bridgehead atoms. The molecule has 0 aliphatic rings. The van der Waals surface area contributed by atoms with Crippen molar-refractivity contribution in [3.05, 3.63) is 72.8 Å². The number of benzene rings is 3. The Hall–Kier alpha value is -2.94. The molecule has 0 spiro atoms. The molecule has 21 heavy (non-hydrogen) atoms. The molecule has 0 radical (unpaired) electrons. The third kappa shape index (κ3) is 2.67. The first kappa shape index (κ1) is 13.1. The van der Waals surface area contributed by atoms with Crippen LogP contribution in [0, 0.1) is 0 Å². The van der Waals surface area contributed by atoms with Crippen LogP contribution in [0.15, 0.2) is 72.8 Å². The van der Waals surface area contributed by atoms with Gasteiger partial charge in [0.2, 0.25) is 0 Å². The first-order valence-corrected chi connectivity index (χ1v) is 6.81. The molecule has 3 aromatic carbocycles. The number of para-hydroxylation sites is 1. The molecule has 104 valence electrons. The maximum atomic E-state index is 6.20. The first-order valence-electron chi connectivity index (χ1n) is 6.81. The highest BCUT2D eigenvalue weighted by atomic mass is 14.9. The molecule has 5 N–H and O–H groups in total. The van der Waals surface area contributed by atoms with Gasteiger partial charge in [0.25, 0.3) is 0 Å². The average molecular weight is 275 g/mol. The molecule has 0 atom stereocenters. The number of anilines is 4. The van der Waals surface area contributed by atoms with Crippen molar-refractivity contribution in [1.29, 1.82) is 0 Å². The lowest BCUT2D eigenvalue weighted by molar-refractivity contribution is 1.53. The Labute approximate surface area is 124 Å². The van der Waals surface area contributed by atoms with E-state index in [0.717, 1.165) is 22.5 Å². The fraction of sp³-hybridized carbons (Fsp3) is 0. The molecule has 0 amide bonds. The molecule has 3 nitrogen and oxygen atoms in total. The first-order chi connectivity index (χ1) is 10.3. The van der Waals surface area contributed by atoms with E-state index < -0.39 is 0 Å². The lowest BCUT2D eigenvalue weighted by atomic mass is 10.0. The molecule has 3 rings (SSSR count). The normalized spacial score (nSPS) is 10.3. The van der Waals surface area contributed by atoms with Crippen molar-refractivity contribution in [3.63, 3.8) is 0 Å². The fourth-order valence-electron chi connectivity index (χ4n) is 2.29. The summed E-state index contributed by atoms with van der Waals surface area (Å²) in [6.45, 7) is 0. The van der Waals surface area contributed by atoms with Gasteiger partial charge in [-0.25, -0.2) is 0 Å². The predicted octanol–water partition coefficient (Wildman–Crippen LogP) is 4.26. The molecular weight excluding hydrogens is 258 g/mol. The number of nitrogen functional groups attached to an aromatic ring is 2. The summed E-state index contributed by atoms with van der Waals surface area (Å²) in [7, 11) is 0. The second kappa shape index (κ2) is 5.59. The molecule has 0 heterocycles. The predicted molar refractivity (Wildman–Crippen MR) is 90.4 cm³/mol. The smallest absolute Gasteiger partial charge is 0.0793 e. The third-order valence-electron chi connectivity index (χ3n) is 3.42. The highest BCUT2D eigenvalue weighted by Gasteiger charge is 2.09. The second-order valence-electron chi connectivity index (χ2n) is 4.85. The van der Waals surface area contributed by atoms with E-state index in [4.69, 9.17) is 11.5 Å². The van der Waals surface area contributed by atoms with E-state index in [0.29, 0.717) is 11.4 Å². The van der Waals surface area contributed by atoms with Gasteiger partial charge < -0.3 is 16.8 Å². The Morgan fingerprint density at radius 1 is 0.619 bits per heavy atom. The summed E-state index contributed by atoms with van der Waals surface area (Å²) >= 11 is 0. The van der Waals surface area contributed by atoms with Gasteiger partial charge in [0.05, 0.1) is 17.1 Å². The van der Waals surface area contributed by atoms with Crippen LogP contribution in [0.25, 0.3) is 11.1 Å². The largest absolute Gasteiger partial charge is 0.396 e. The molecule has 0 saturated carbocycles. The number of nitrogens with two attached hydrogens (primary N) is 2. The monoisotopic (exact) mass is 275 g/mol. The van der Waals surface area contributed by atoms with E-state index >= 15 is 0 Å². The standard InChI is InChI=1S/C18H17N3/c19-17-15(13-7-3-1-4-8-13)11-12-16(18(17)20)21-14-9-5-2-6-10-14/h1-12,21H,19-20H2. The van der Waals surface area contributed by atoms with Crippen LogP contribution in [0.3, 0.4) is 0 Å². The van der Waals surface area contributed by atoms with Crippen LogP contribution >= 0.6 is 0 Å². The topological polar surface area (TPSA) is 64.1 Å². The zero-order valence-electron chi connectivity index (χ0n) is 11.6. The van der Waals surface area contributed by atoms with Crippen molar-refractivity contribution in [2.45, 2.75) is 0 Å². The lowest BCUT2D eigenvalue weighted by Crippen LogP contribution is -2.02. The van der Waals surface area contributed by atoms with Crippen LogP contribution in [0.4, 0.5) is 22.7 Å². The molecule has 3 aromatic rings. The summed E-state index contributed by atoms with van der Waals surface area (Å²) < 4.78 is 0. The zero-order valence-corrected chi connectivity index (χ0v) is 11.6. The summed E-state index contributed by atoms with van der Waals surface area (Å²) in [5.41, 5.74) is 17.4. The van der Waals surface area contributed by atoms with Crippen LogP contribution in [0.5, 0.6) is 0 Å². The van der Waals surface area contributed by atoms with E-state index in [-0.39, 0.29) is 0 Å². The minimum atomic E-state index is 0.570. The molecule has 0 saturated heterocycles. The van der Waals surface area contributed by atoms with E-state index in [1.165, 1.54) is 0 Å². The Morgan fingerprint density at radius 2 is 1.24 bits per heavy atom. The quantitative estimate of drug-likeness (QED) is 0.626. The minimum absolute atomic E-state index is 0.570. The van der Waals surface area contributed by atoms with Gasteiger partial charge >= 0.3 is 0 Å². The lowest BCUT2D eigenvalue weighted by Gasteiger charge is -2.14. The molecule has 0 aliphatic carbocycles. The molecule has 0 aromatic heterocycles. The van der Waals surface area contributed by atoms with Crippen LogP contribution in [-0.2, 0) is 0 Å². The van der Waals surface area contributed by atoms with E-state index in [1.807, 2.05) is 72.8 Å². The zero-order chi connectivity index (χ0) is 14.7. The van der Waals surface area contributed by atoms with Crippen molar-refractivity contribution >= 4 is 22.7 Å². The van der Waals surface area contributed by atoms with Crippen molar-refractivity contribution in [3.8, 4) is 11.1 Å². The Bertz CT molecular complexity index is 737. The third-order valence-corrected chi connectivity index (χ3v) is 3.42. The van der Waals surface area contributed by atoms with Crippen LogP contribution in [-0.4, -0.2) is 0 Å². The molecule has 3 heteroatoms. The van der Waals surface area contributed by atoms with Gasteiger partial charge in [0, 0.05) is 11.3 Å². The van der Waals surface area contributed by atoms with Gasteiger partial charge in [-0.1, -0.05) is 54.6 Å². The van der Waals surface area contributed by atoms with Gasteiger partial charge in [-0.15, -0.1) is 0 Å². The summed E-state index contributed by atoms with van der Waals surface area (Å²) in [5.74, 6) is 0. The number of hydrogen-bond donors (Lipinski definition) is 3. The number of nitrogens with one attached hydrogen (secondary N) is 1. The van der Waals surface area contributed by atoms with Crippen LogP contribution < -0.4 is 16.8 Å². The Balaban J connectivity index is 1.97. The molecular formula is C18H17N3. The van der Waals surface area contributed by atoms with E-state index in [1.54, 1.807) is 0 Å². The molecule has 0 aliphatic heterocycles. The highest BCUT2D eigenvalue weighted by molar-refractivity contribution is 5.92. The Morgan fingerprint density at radius 3 is 1.90 bits per heavy atom. The van der Waals surface area contributed by atoms with Gasteiger partial charge in [0.15, 0.2) is 0 Å². The average Bonchev–Trinajstić information content (AvgIpc) is 2.54. The molecule has 0 unspecified atom stereocenters. The maximum Gasteiger partial charge on any atom is 0.0793 e. The summed E-state index contributed by atoms with van der Waals surface area (Å²) in [6, 6.07) is 23.8. The van der Waals surface area contributed by atoms with Crippen molar-refractivity contribution in [2.75, 3.05) is 16.8 Å². The number of hydrogen-bond acceptors (Lipinski definition) is 3. The minimum Gasteiger partial charge on any atom is -0.396 e. The maximum absolute atomic E-state index is 6.20. The summed E-state index contributed by atoms with van der Waals surface area (Å²) in [6.07, 6.45) is 0. The van der Waals surface area contributed by atoms with Crippen molar-refractivity contribution < 1.29 is 0 Å². The Kier molecular flexibility index (Phi) is 3.48. The van der Waals surface area contributed by atoms with E-state index in [9.17, 15) is 0 Å². The highest BCUT2D eigenvalue weighted by Crippen LogP contribution is 2.36. The fourth-order valence-corrected chi connectivity index (χ4v) is 2.29. The van der Waals surface area contributed by atoms with Gasteiger partial charge in [0.1, 0.15) is 0 Å². The van der Waals surface area contributed by atoms with Gasteiger partial charge in [-0.05, 0) is 23.8 Å². The SMILES string of the molecule is Nc1c(Nc2ccccc2)ccc(-c2ccccc2)c1N. The van der Waals surface area contributed by atoms with Crippen LogP contribution in [0.2, 0.25) is 0 Å². The summed E-state index contributed by atoms with van der Waals surface area (Å²) in [4.78, 5) is 0. The van der Waals surface area contributed by atoms with E-state index in [2.05, 4.69) is 5.32 Å².